The summed E-state index contributed by atoms with van der Waals surface area (Å²) in [6.45, 7) is -0.705. The van der Waals surface area contributed by atoms with Crippen LogP contribution in [0.4, 0.5) is 4.79 Å². The number of rotatable bonds is 5. The van der Waals surface area contributed by atoms with Crippen LogP contribution in [-0.2, 0) is 4.79 Å². The fourth-order valence-corrected chi connectivity index (χ4v) is 0.644. The summed E-state index contributed by atoms with van der Waals surface area (Å²) < 4.78 is 0. The van der Waals surface area contributed by atoms with Crippen molar-refractivity contribution in [2.75, 3.05) is 6.61 Å². The molecule has 0 aliphatic heterocycles. The first-order valence-corrected chi connectivity index (χ1v) is 4.05. The van der Waals surface area contributed by atoms with Gasteiger partial charge >= 0.3 is 6.16 Å². The molecule has 0 aliphatic rings. The van der Waals surface area contributed by atoms with Crippen molar-refractivity contribution in [3.8, 4) is 0 Å². The third kappa shape index (κ3) is 8.08. The van der Waals surface area contributed by atoms with E-state index in [9.17, 15) is 4.79 Å². The van der Waals surface area contributed by atoms with Crippen LogP contribution in [0.3, 0.4) is 0 Å². The summed E-state index contributed by atoms with van der Waals surface area (Å²) >= 11 is 0. The third-order valence-corrected chi connectivity index (χ3v) is 1.48. The molecule has 0 fully saturated rings. The number of aliphatic hydroxyl groups is 4. The highest BCUT2D eigenvalue weighted by molar-refractivity contribution is 5.58. The molecule has 16 heavy (non-hydrogen) atoms. The number of aliphatic hydroxyl groups excluding tert-OH is 4. The zero-order valence-electron chi connectivity index (χ0n) is 8.17. The second kappa shape index (κ2) is 9.00. The molecule has 0 aromatic rings. The molecule has 0 unspecified atom stereocenters. The lowest BCUT2D eigenvalue weighted by atomic mass is 10.0. The monoisotopic (exact) mass is 241 g/mol. The highest BCUT2D eigenvalue weighted by atomic mass is 16.6. The van der Waals surface area contributed by atoms with Gasteiger partial charge in [-0.25, -0.2) is 4.79 Å². The van der Waals surface area contributed by atoms with Crippen LogP contribution in [0, 0.1) is 0 Å². The number of carbonyl (C=O) groups is 2. The Balaban J connectivity index is 0. The normalized spacial score (nSPS) is 17.3. The Labute approximate surface area is 90.4 Å². The minimum atomic E-state index is -1.83. The summed E-state index contributed by atoms with van der Waals surface area (Å²) in [5.74, 6) is 0. The van der Waals surface area contributed by atoms with Gasteiger partial charge in [0, 0.05) is 0 Å². The second-order valence-corrected chi connectivity index (χ2v) is 2.73. The van der Waals surface area contributed by atoms with Crippen molar-refractivity contribution in [3.63, 3.8) is 0 Å². The molecule has 0 aliphatic carbocycles. The largest absolute Gasteiger partial charge is 0.503 e. The van der Waals surface area contributed by atoms with Crippen LogP contribution in [0.1, 0.15) is 0 Å². The zero-order chi connectivity index (χ0) is 13.3. The Kier molecular flexibility index (Phi) is 9.65. The van der Waals surface area contributed by atoms with E-state index in [1.54, 1.807) is 0 Å². The SMILES string of the molecule is N[C@@H](C=O)[C@@H](O)[C@H](O)[C@H](O)CO.O=C(O)O. The lowest BCUT2D eigenvalue weighted by molar-refractivity contribution is -0.118. The van der Waals surface area contributed by atoms with Crippen LogP contribution in [0.2, 0.25) is 0 Å². The van der Waals surface area contributed by atoms with E-state index in [0.29, 0.717) is 0 Å². The van der Waals surface area contributed by atoms with Crippen LogP contribution in [0.25, 0.3) is 0 Å². The number of hydrogen-bond acceptors (Lipinski definition) is 7. The molecule has 8 N–H and O–H groups in total. The van der Waals surface area contributed by atoms with E-state index in [1.807, 2.05) is 0 Å². The number of nitrogens with two attached hydrogens (primary N) is 1. The molecule has 0 saturated heterocycles. The van der Waals surface area contributed by atoms with Gasteiger partial charge in [-0.2, -0.15) is 0 Å². The number of hydrogen-bond donors (Lipinski definition) is 7. The van der Waals surface area contributed by atoms with Gasteiger partial charge in [0.1, 0.15) is 24.6 Å². The van der Waals surface area contributed by atoms with Gasteiger partial charge in [-0.05, 0) is 0 Å². The molecule has 96 valence electrons. The quantitative estimate of drug-likeness (QED) is 0.244. The van der Waals surface area contributed by atoms with E-state index >= 15 is 0 Å². The first-order chi connectivity index (χ1) is 7.27. The van der Waals surface area contributed by atoms with E-state index in [2.05, 4.69) is 0 Å². The molecule has 9 nitrogen and oxygen atoms in total. The summed E-state index contributed by atoms with van der Waals surface area (Å²) in [5.41, 5.74) is 5.04. The summed E-state index contributed by atoms with van der Waals surface area (Å²) in [6, 6.07) is -1.26. The fraction of sp³-hybridized carbons (Fsp3) is 0.714. The number of carboxylic acid groups (broad SMARTS) is 2. The maximum Gasteiger partial charge on any atom is 0.503 e. The fourth-order valence-electron chi connectivity index (χ4n) is 0.644. The highest BCUT2D eigenvalue weighted by Crippen LogP contribution is 2.01. The molecule has 0 spiro atoms. The minimum Gasteiger partial charge on any atom is -0.450 e. The Morgan fingerprint density at radius 3 is 1.81 bits per heavy atom. The number of aldehydes is 1. The van der Waals surface area contributed by atoms with Gasteiger partial charge in [0.25, 0.3) is 0 Å². The predicted octanol–water partition coefficient (Wildman–Crippen LogP) is -3.19. The molecule has 0 rings (SSSR count). The lowest BCUT2D eigenvalue weighted by Crippen LogP contribution is -2.49. The Hall–Kier alpha value is -1.26. The Morgan fingerprint density at radius 2 is 1.56 bits per heavy atom. The second-order valence-electron chi connectivity index (χ2n) is 2.73. The van der Waals surface area contributed by atoms with Crippen LogP contribution in [0.5, 0.6) is 0 Å². The topological polar surface area (TPSA) is 182 Å². The predicted molar refractivity (Wildman–Crippen MR) is 49.8 cm³/mol. The van der Waals surface area contributed by atoms with Crippen molar-refractivity contribution < 1.29 is 40.2 Å². The molecular formula is C7H15NO8. The van der Waals surface area contributed by atoms with Crippen LogP contribution in [-0.4, -0.2) is 74.0 Å². The molecule has 0 heterocycles. The van der Waals surface area contributed by atoms with Crippen molar-refractivity contribution in [2.45, 2.75) is 24.4 Å². The van der Waals surface area contributed by atoms with Gasteiger partial charge in [0.2, 0.25) is 0 Å². The van der Waals surface area contributed by atoms with Gasteiger partial charge < -0.3 is 41.2 Å². The van der Waals surface area contributed by atoms with Gasteiger partial charge in [-0.15, -0.1) is 0 Å². The van der Waals surface area contributed by atoms with Crippen LogP contribution in [0.15, 0.2) is 0 Å². The van der Waals surface area contributed by atoms with Crippen molar-refractivity contribution in [3.05, 3.63) is 0 Å². The summed E-state index contributed by atoms with van der Waals surface area (Å²) in [5, 5.41) is 49.1. The first-order valence-electron chi connectivity index (χ1n) is 4.05. The van der Waals surface area contributed by atoms with Crippen molar-refractivity contribution in [1.82, 2.24) is 0 Å². The lowest BCUT2D eigenvalue weighted by Gasteiger charge is -2.23. The molecule has 0 aromatic heterocycles. The van der Waals surface area contributed by atoms with E-state index in [4.69, 9.17) is 41.2 Å². The minimum absolute atomic E-state index is 0.248. The summed E-state index contributed by atoms with van der Waals surface area (Å²) in [6.07, 6.45) is -6.26. The van der Waals surface area contributed by atoms with Gasteiger partial charge in [-0.3, -0.25) is 0 Å². The van der Waals surface area contributed by atoms with Gasteiger partial charge in [0.05, 0.1) is 12.6 Å². The van der Waals surface area contributed by atoms with Crippen molar-refractivity contribution >= 4 is 12.4 Å². The van der Waals surface area contributed by atoms with E-state index in [1.165, 1.54) is 0 Å². The van der Waals surface area contributed by atoms with Crippen LogP contribution < -0.4 is 5.73 Å². The number of carbonyl (C=O) groups excluding carboxylic acids is 1. The molecule has 0 radical (unpaired) electrons. The first kappa shape index (κ1) is 17.1. The molecule has 0 aromatic carbocycles. The van der Waals surface area contributed by atoms with Gasteiger partial charge in [0.15, 0.2) is 0 Å². The average Bonchev–Trinajstić information content (AvgIpc) is 2.24. The third-order valence-electron chi connectivity index (χ3n) is 1.48. The van der Waals surface area contributed by atoms with E-state index < -0.39 is 37.1 Å². The standard InChI is InChI=1S/C6H13NO5.CH2O3/c7-3(1-8)5(11)6(12)4(10)2-9;2-1(3)4/h1,3-6,9-12H,2,7H2;(H2,2,3,4)/t3-,4+,5+,6+;/m0./s1. The van der Waals surface area contributed by atoms with Crippen molar-refractivity contribution in [2.24, 2.45) is 5.73 Å². The summed E-state index contributed by atoms with van der Waals surface area (Å²) in [7, 11) is 0. The van der Waals surface area contributed by atoms with E-state index in [-0.39, 0.29) is 6.29 Å². The van der Waals surface area contributed by atoms with Gasteiger partial charge in [-0.1, -0.05) is 0 Å². The average molecular weight is 241 g/mol. The molecule has 0 bridgehead atoms. The molecule has 9 heteroatoms. The maximum atomic E-state index is 10.0. The molecule has 0 saturated carbocycles. The smallest absolute Gasteiger partial charge is 0.450 e. The molecule has 0 amide bonds. The van der Waals surface area contributed by atoms with Crippen molar-refractivity contribution in [1.29, 1.82) is 0 Å². The van der Waals surface area contributed by atoms with Crippen LogP contribution >= 0.6 is 0 Å². The maximum absolute atomic E-state index is 10.0. The Bertz CT molecular complexity index is 207. The summed E-state index contributed by atoms with van der Waals surface area (Å²) in [4.78, 5) is 18.6. The molecular weight excluding hydrogens is 226 g/mol. The highest BCUT2D eigenvalue weighted by Gasteiger charge is 2.28. The molecule has 4 atom stereocenters. The zero-order valence-corrected chi connectivity index (χ0v) is 8.17. The van der Waals surface area contributed by atoms with E-state index in [0.717, 1.165) is 0 Å². The Morgan fingerprint density at radius 1 is 1.19 bits per heavy atom.